The van der Waals surface area contributed by atoms with E-state index in [1.165, 1.54) is 6.39 Å². The van der Waals surface area contributed by atoms with E-state index in [0.717, 1.165) is 28.6 Å². The molecular weight excluding hydrogens is 409 g/mol. The van der Waals surface area contributed by atoms with Crippen LogP contribution in [0.25, 0.3) is 22.4 Å². The Balaban J connectivity index is 1.64. The van der Waals surface area contributed by atoms with Crippen LogP contribution in [0, 0.1) is 11.3 Å². The maximum atomic E-state index is 8.87. The van der Waals surface area contributed by atoms with Crippen LogP contribution in [0.5, 0.6) is 5.75 Å². The lowest BCUT2D eigenvalue weighted by molar-refractivity contribution is 0.307. The predicted octanol–water partition coefficient (Wildman–Crippen LogP) is 6.49. The largest absolute Gasteiger partial charge is 0.489 e. The summed E-state index contributed by atoms with van der Waals surface area (Å²) in [5.74, 6) is 1.40. The number of rotatable bonds is 7. The average Bonchev–Trinajstić information content (AvgIpc) is 3.35. The summed E-state index contributed by atoms with van der Waals surface area (Å²) in [5, 5.41) is 11.0. The van der Waals surface area contributed by atoms with E-state index in [-0.39, 0.29) is 6.61 Å². The monoisotopic (exact) mass is 425 g/mol. The number of nitrogens with zero attached hydrogens (tertiary/aromatic N) is 3. The third-order valence-electron chi connectivity index (χ3n) is 4.67. The zero-order valence-electron chi connectivity index (χ0n) is 15.4. The van der Waals surface area contributed by atoms with Gasteiger partial charge in [-0.2, -0.15) is 5.26 Å². The molecule has 7 heteroatoms. The van der Waals surface area contributed by atoms with Crippen molar-refractivity contribution >= 4 is 34.1 Å². The second kappa shape index (κ2) is 8.60. The highest BCUT2D eigenvalue weighted by Crippen LogP contribution is 2.32. The fourth-order valence-electron chi connectivity index (χ4n) is 3.27. The highest BCUT2D eigenvalue weighted by Gasteiger charge is 2.14. The van der Waals surface area contributed by atoms with Crippen LogP contribution >= 0.6 is 23.2 Å². The lowest BCUT2D eigenvalue weighted by Gasteiger charge is -2.11. The summed E-state index contributed by atoms with van der Waals surface area (Å²) in [6, 6.07) is 15.5. The molecule has 0 saturated carbocycles. The van der Waals surface area contributed by atoms with E-state index in [1.807, 2.05) is 24.3 Å². The zero-order chi connectivity index (χ0) is 20.2. The van der Waals surface area contributed by atoms with Gasteiger partial charge in [0.2, 0.25) is 0 Å². The third-order valence-corrected chi connectivity index (χ3v) is 5.38. The number of fused-ring (bicyclic) bond motifs is 1. The number of oxazole rings is 1. The normalized spacial score (nSPS) is 10.9. The molecular formula is C22H17Cl2N3O2. The molecule has 0 aliphatic carbocycles. The lowest BCUT2D eigenvalue weighted by Crippen LogP contribution is -2.00. The lowest BCUT2D eigenvalue weighted by atomic mass is 10.2. The molecule has 4 aromatic rings. The Morgan fingerprint density at radius 2 is 1.97 bits per heavy atom. The molecule has 0 radical (unpaired) electrons. The standard InChI is InChI=1S/C22H17Cl2N3O2/c23-18-4-3-5-19(24)17(18)13-28-16-6-7-20-15(10-16)11-21(22-12-26-14-29-22)27(20)9-2-1-8-25/h3-7,10-12,14H,1-2,9,13H2. The number of benzene rings is 2. The first-order valence-electron chi connectivity index (χ1n) is 9.12. The van der Waals surface area contributed by atoms with Crippen LogP contribution in [-0.2, 0) is 13.2 Å². The molecule has 0 aliphatic heterocycles. The maximum absolute atomic E-state index is 8.87. The van der Waals surface area contributed by atoms with Crippen molar-refractivity contribution in [2.45, 2.75) is 26.0 Å². The van der Waals surface area contributed by atoms with E-state index in [1.54, 1.807) is 24.4 Å². The Bertz CT molecular complexity index is 1160. The summed E-state index contributed by atoms with van der Waals surface area (Å²) < 4.78 is 13.6. The van der Waals surface area contributed by atoms with E-state index in [9.17, 15) is 0 Å². The molecule has 2 aromatic heterocycles. The van der Waals surface area contributed by atoms with Crippen molar-refractivity contribution in [1.29, 1.82) is 5.26 Å². The molecule has 0 aliphatic rings. The van der Waals surface area contributed by atoms with Crippen LogP contribution in [0.2, 0.25) is 10.0 Å². The first-order valence-corrected chi connectivity index (χ1v) is 9.88. The van der Waals surface area contributed by atoms with Gasteiger partial charge in [-0.15, -0.1) is 0 Å². The van der Waals surface area contributed by atoms with E-state index in [0.29, 0.717) is 34.5 Å². The third kappa shape index (κ3) is 4.09. The van der Waals surface area contributed by atoms with Gasteiger partial charge in [0.25, 0.3) is 0 Å². The minimum Gasteiger partial charge on any atom is -0.489 e. The molecule has 5 nitrogen and oxygen atoms in total. The second-order valence-electron chi connectivity index (χ2n) is 6.52. The topological polar surface area (TPSA) is 64.0 Å². The Morgan fingerprint density at radius 3 is 2.69 bits per heavy atom. The summed E-state index contributed by atoms with van der Waals surface area (Å²) in [6.07, 6.45) is 4.35. The van der Waals surface area contributed by atoms with E-state index >= 15 is 0 Å². The summed E-state index contributed by atoms with van der Waals surface area (Å²) >= 11 is 12.5. The number of halogens is 2. The van der Waals surface area contributed by atoms with Gasteiger partial charge in [0.05, 0.1) is 18.0 Å². The first-order chi connectivity index (χ1) is 14.2. The molecule has 146 valence electrons. The van der Waals surface area contributed by atoms with Gasteiger partial charge in [0.15, 0.2) is 12.2 Å². The van der Waals surface area contributed by atoms with Gasteiger partial charge in [0.1, 0.15) is 12.4 Å². The number of hydrogen-bond acceptors (Lipinski definition) is 4. The maximum Gasteiger partial charge on any atom is 0.181 e. The molecule has 0 spiro atoms. The quantitative estimate of drug-likeness (QED) is 0.317. The summed E-state index contributed by atoms with van der Waals surface area (Å²) in [4.78, 5) is 4.02. The Morgan fingerprint density at radius 1 is 1.14 bits per heavy atom. The predicted molar refractivity (Wildman–Crippen MR) is 113 cm³/mol. The van der Waals surface area contributed by atoms with Crippen LogP contribution in [0.4, 0.5) is 0 Å². The van der Waals surface area contributed by atoms with Crippen molar-refractivity contribution in [1.82, 2.24) is 9.55 Å². The fourth-order valence-corrected chi connectivity index (χ4v) is 3.77. The Labute approximate surface area is 178 Å². The summed E-state index contributed by atoms with van der Waals surface area (Å²) in [6.45, 7) is 0.990. The van der Waals surface area contributed by atoms with Gasteiger partial charge < -0.3 is 13.7 Å². The van der Waals surface area contributed by atoms with Gasteiger partial charge in [-0.05, 0) is 42.8 Å². The molecule has 0 unspecified atom stereocenters. The first kappa shape index (κ1) is 19.4. The van der Waals surface area contributed by atoms with Crippen LogP contribution in [0.3, 0.4) is 0 Å². The minimum atomic E-state index is 0.280. The Kier molecular flexibility index (Phi) is 5.75. The van der Waals surface area contributed by atoms with Crippen molar-refractivity contribution in [3.05, 3.63) is 70.7 Å². The van der Waals surface area contributed by atoms with Gasteiger partial charge in [-0.3, -0.25) is 0 Å². The van der Waals surface area contributed by atoms with Gasteiger partial charge in [-0.25, -0.2) is 4.98 Å². The number of nitriles is 1. The van der Waals surface area contributed by atoms with Crippen molar-refractivity contribution in [3.8, 4) is 23.3 Å². The molecule has 0 N–H and O–H groups in total. The number of aryl methyl sites for hydroxylation is 1. The fraction of sp³-hybridized carbons (Fsp3) is 0.182. The van der Waals surface area contributed by atoms with Crippen LogP contribution in [0.15, 0.2) is 59.5 Å². The van der Waals surface area contributed by atoms with Crippen LogP contribution < -0.4 is 4.74 Å². The molecule has 0 saturated heterocycles. The molecule has 0 fully saturated rings. The van der Waals surface area contributed by atoms with Gasteiger partial charge in [0, 0.05) is 39.5 Å². The smallest absolute Gasteiger partial charge is 0.181 e. The van der Waals surface area contributed by atoms with Crippen molar-refractivity contribution in [2.24, 2.45) is 0 Å². The van der Waals surface area contributed by atoms with E-state index in [4.69, 9.17) is 37.6 Å². The van der Waals surface area contributed by atoms with E-state index < -0.39 is 0 Å². The highest BCUT2D eigenvalue weighted by atomic mass is 35.5. The summed E-state index contributed by atoms with van der Waals surface area (Å²) in [7, 11) is 0. The van der Waals surface area contributed by atoms with Crippen LogP contribution in [-0.4, -0.2) is 9.55 Å². The Hall–Kier alpha value is -2.94. The molecule has 4 rings (SSSR count). The van der Waals surface area contributed by atoms with Crippen molar-refractivity contribution in [3.63, 3.8) is 0 Å². The number of ether oxygens (including phenoxy) is 1. The zero-order valence-corrected chi connectivity index (χ0v) is 17.0. The van der Waals surface area contributed by atoms with Crippen molar-refractivity contribution in [2.75, 3.05) is 0 Å². The van der Waals surface area contributed by atoms with Crippen LogP contribution in [0.1, 0.15) is 18.4 Å². The molecule has 2 heterocycles. The average molecular weight is 426 g/mol. The SMILES string of the molecule is N#CCCCn1c(-c2cnco2)cc2cc(OCc3c(Cl)cccc3Cl)ccc21. The molecule has 2 aromatic carbocycles. The van der Waals surface area contributed by atoms with Crippen molar-refractivity contribution < 1.29 is 9.15 Å². The minimum absolute atomic E-state index is 0.280. The van der Waals surface area contributed by atoms with E-state index in [2.05, 4.69) is 15.6 Å². The second-order valence-corrected chi connectivity index (χ2v) is 7.33. The molecule has 0 amide bonds. The highest BCUT2D eigenvalue weighted by molar-refractivity contribution is 6.35. The number of hydrogen-bond donors (Lipinski definition) is 0. The summed E-state index contributed by atoms with van der Waals surface area (Å²) in [5.41, 5.74) is 2.71. The molecule has 0 atom stereocenters. The molecule has 0 bridgehead atoms. The van der Waals surface area contributed by atoms with Gasteiger partial charge >= 0.3 is 0 Å². The molecule has 29 heavy (non-hydrogen) atoms. The number of aromatic nitrogens is 2. The number of unbranched alkanes of at least 4 members (excludes halogenated alkanes) is 1. The van der Waals surface area contributed by atoms with Gasteiger partial charge in [-0.1, -0.05) is 29.3 Å².